The number of hydrogen-bond acceptors (Lipinski definition) is 5. The molecule has 2 heterocycles. The fourth-order valence-corrected chi connectivity index (χ4v) is 3.70. The summed E-state index contributed by atoms with van der Waals surface area (Å²) in [5, 5.41) is 9.63. The molecule has 1 aliphatic heterocycles. The smallest absolute Gasteiger partial charge is 0.225 e. The van der Waals surface area contributed by atoms with E-state index in [9.17, 15) is 9.90 Å². The number of piperidine rings is 1. The fraction of sp³-hybridized carbons (Fsp3) is 0.261. The number of aromatic nitrogens is 2. The number of phenols is 1. The first-order valence-corrected chi connectivity index (χ1v) is 9.79. The molecule has 1 amide bonds. The van der Waals surface area contributed by atoms with Gasteiger partial charge < -0.3 is 15.7 Å². The Bertz CT molecular complexity index is 1020. The Labute approximate surface area is 170 Å². The van der Waals surface area contributed by atoms with Gasteiger partial charge in [-0.25, -0.2) is 9.97 Å². The Hall–Kier alpha value is -3.41. The topological polar surface area (TPSA) is 92.3 Å². The highest BCUT2D eigenvalue weighted by Crippen LogP contribution is 2.33. The largest absolute Gasteiger partial charge is 0.508 e. The summed E-state index contributed by atoms with van der Waals surface area (Å²) < 4.78 is 0. The molecule has 1 saturated heterocycles. The summed E-state index contributed by atoms with van der Waals surface area (Å²) in [6, 6.07) is 15.2. The summed E-state index contributed by atoms with van der Waals surface area (Å²) in [6.07, 6.45) is 3.51. The zero-order chi connectivity index (χ0) is 20.4. The van der Waals surface area contributed by atoms with Crippen LogP contribution in [0.5, 0.6) is 5.75 Å². The number of rotatable bonds is 4. The second kappa shape index (κ2) is 7.91. The van der Waals surface area contributed by atoms with E-state index in [4.69, 9.17) is 10.7 Å². The summed E-state index contributed by atoms with van der Waals surface area (Å²) in [5.41, 5.74) is 10.3. The van der Waals surface area contributed by atoms with E-state index in [-0.39, 0.29) is 17.6 Å². The summed E-state index contributed by atoms with van der Waals surface area (Å²) in [4.78, 5) is 23.2. The van der Waals surface area contributed by atoms with Crippen LogP contribution in [-0.4, -0.2) is 34.1 Å². The van der Waals surface area contributed by atoms with Crippen LogP contribution in [0, 0.1) is 12.8 Å². The number of aryl methyl sites for hydroxylation is 1. The molecule has 0 unspecified atom stereocenters. The van der Waals surface area contributed by atoms with Gasteiger partial charge in [0.1, 0.15) is 5.75 Å². The van der Waals surface area contributed by atoms with Crippen molar-refractivity contribution in [1.29, 1.82) is 0 Å². The number of nitrogens with zero attached hydrogens (tertiary/aromatic N) is 3. The zero-order valence-corrected chi connectivity index (χ0v) is 16.4. The molecule has 4 rings (SSSR count). The van der Waals surface area contributed by atoms with Crippen molar-refractivity contribution in [3.05, 3.63) is 60.3 Å². The van der Waals surface area contributed by atoms with Crippen molar-refractivity contribution in [3.63, 3.8) is 0 Å². The van der Waals surface area contributed by atoms with Crippen molar-refractivity contribution >= 4 is 11.9 Å². The number of carbonyl (C=O) groups excluding carboxylic acids is 1. The van der Waals surface area contributed by atoms with Crippen molar-refractivity contribution in [2.24, 2.45) is 11.7 Å². The van der Waals surface area contributed by atoms with Crippen LogP contribution in [0.2, 0.25) is 0 Å². The third-order valence-corrected chi connectivity index (χ3v) is 5.39. The van der Waals surface area contributed by atoms with Gasteiger partial charge in [-0.1, -0.05) is 42.0 Å². The van der Waals surface area contributed by atoms with E-state index in [0.717, 1.165) is 41.8 Å². The minimum absolute atomic E-state index is 0.174. The number of anilines is 1. The molecule has 29 heavy (non-hydrogen) atoms. The lowest BCUT2D eigenvalue weighted by Crippen LogP contribution is -2.41. The SMILES string of the molecule is Cc1ccc(-c2nc(N3CCC[C@@H](C(N)=O)C3)ncc2-c2ccc(O)cc2)cc1. The fourth-order valence-electron chi connectivity index (χ4n) is 3.70. The average Bonchev–Trinajstić information content (AvgIpc) is 2.75. The van der Waals surface area contributed by atoms with E-state index in [2.05, 4.69) is 17.1 Å². The molecule has 1 aromatic heterocycles. The quantitative estimate of drug-likeness (QED) is 0.713. The number of hydrogen-bond donors (Lipinski definition) is 2. The van der Waals surface area contributed by atoms with E-state index in [1.54, 1.807) is 12.1 Å². The number of phenolic OH excluding ortho intramolecular Hbond substituents is 1. The monoisotopic (exact) mass is 388 g/mol. The van der Waals surface area contributed by atoms with Gasteiger partial charge in [0.25, 0.3) is 0 Å². The van der Waals surface area contributed by atoms with Gasteiger partial charge in [-0.05, 0) is 37.5 Å². The van der Waals surface area contributed by atoms with E-state index in [1.165, 1.54) is 5.56 Å². The molecule has 0 saturated carbocycles. The lowest BCUT2D eigenvalue weighted by atomic mass is 9.97. The van der Waals surface area contributed by atoms with Crippen LogP contribution in [0.4, 0.5) is 5.95 Å². The lowest BCUT2D eigenvalue weighted by Gasteiger charge is -2.31. The summed E-state index contributed by atoms with van der Waals surface area (Å²) in [5.74, 6) is 0.379. The Balaban J connectivity index is 1.77. The van der Waals surface area contributed by atoms with Gasteiger partial charge in [0, 0.05) is 30.4 Å². The van der Waals surface area contributed by atoms with Crippen molar-refractivity contribution in [2.75, 3.05) is 18.0 Å². The minimum atomic E-state index is -0.269. The minimum Gasteiger partial charge on any atom is -0.508 e. The molecule has 3 N–H and O–H groups in total. The molecule has 0 bridgehead atoms. The normalized spacial score (nSPS) is 16.6. The molecule has 0 spiro atoms. The van der Waals surface area contributed by atoms with Crippen LogP contribution >= 0.6 is 0 Å². The third kappa shape index (κ3) is 4.06. The molecule has 1 aliphatic rings. The van der Waals surface area contributed by atoms with Gasteiger partial charge >= 0.3 is 0 Å². The van der Waals surface area contributed by atoms with Gasteiger partial charge in [0.2, 0.25) is 11.9 Å². The number of benzene rings is 2. The van der Waals surface area contributed by atoms with Gasteiger partial charge in [0.05, 0.1) is 11.6 Å². The Kier molecular flexibility index (Phi) is 5.16. The summed E-state index contributed by atoms with van der Waals surface area (Å²) in [6.45, 7) is 3.39. The molecule has 6 nitrogen and oxygen atoms in total. The summed E-state index contributed by atoms with van der Waals surface area (Å²) >= 11 is 0. The average molecular weight is 388 g/mol. The number of nitrogens with two attached hydrogens (primary N) is 1. The maximum absolute atomic E-state index is 11.7. The second-order valence-electron chi connectivity index (χ2n) is 7.53. The lowest BCUT2D eigenvalue weighted by molar-refractivity contribution is -0.122. The van der Waals surface area contributed by atoms with Gasteiger partial charge in [-0.2, -0.15) is 0 Å². The van der Waals surface area contributed by atoms with Gasteiger partial charge in [-0.15, -0.1) is 0 Å². The van der Waals surface area contributed by atoms with Gasteiger partial charge in [-0.3, -0.25) is 4.79 Å². The zero-order valence-electron chi connectivity index (χ0n) is 16.4. The van der Waals surface area contributed by atoms with Crippen LogP contribution in [0.25, 0.3) is 22.4 Å². The third-order valence-electron chi connectivity index (χ3n) is 5.39. The number of primary amides is 1. The number of amides is 1. The van der Waals surface area contributed by atoms with Crippen LogP contribution in [0.3, 0.4) is 0 Å². The Morgan fingerprint density at radius 3 is 2.48 bits per heavy atom. The first kappa shape index (κ1) is 18.9. The van der Waals surface area contributed by atoms with Crippen LogP contribution in [0.15, 0.2) is 54.7 Å². The number of carbonyl (C=O) groups is 1. The molecule has 6 heteroatoms. The molecule has 0 radical (unpaired) electrons. The summed E-state index contributed by atoms with van der Waals surface area (Å²) in [7, 11) is 0. The first-order chi connectivity index (χ1) is 14.0. The highest BCUT2D eigenvalue weighted by molar-refractivity contribution is 5.81. The van der Waals surface area contributed by atoms with Crippen molar-refractivity contribution in [1.82, 2.24) is 9.97 Å². The maximum Gasteiger partial charge on any atom is 0.225 e. The molecule has 1 fully saturated rings. The van der Waals surface area contributed by atoms with Crippen LogP contribution in [0.1, 0.15) is 18.4 Å². The van der Waals surface area contributed by atoms with Gasteiger partial charge in [0.15, 0.2) is 0 Å². The highest BCUT2D eigenvalue weighted by Gasteiger charge is 2.26. The van der Waals surface area contributed by atoms with E-state index in [1.807, 2.05) is 42.3 Å². The Morgan fingerprint density at radius 1 is 1.10 bits per heavy atom. The van der Waals surface area contributed by atoms with Crippen molar-refractivity contribution in [3.8, 4) is 28.1 Å². The molecular weight excluding hydrogens is 364 g/mol. The molecule has 2 aromatic carbocycles. The highest BCUT2D eigenvalue weighted by atomic mass is 16.3. The number of aromatic hydroxyl groups is 1. The molecule has 148 valence electrons. The first-order valence-electron chi connectivity index (χ1n) is 9.79. The second-order valence-corrected chi connectivity index (χ2v) is 7.53. The molecule has 3 aromatic rings. The molecular formula is C23H24N4O2. The van der Waals surface area contributed by atoms with Crippen molar-refractivity contribution < 1.29 is 9.90 Å². The molecule has 1 atom stereocenters. The van der Waals surface area contributed by atoms with E-state index >= 15 is 0 Å². The predicted octanol–water partition coefficient (Wildman–Crippen LogP) is 3.53. The van der Waals surface area contributed by atoms with Crippen molar-refractivity contribution in [2.45, 2.75) is 19.8 Å². The van der Waals surface area contributed by atoms with Crippen LogP contribution < -0.4 is 10.6 Å². The Morgan fingerprint density at radius 2 is 1.79 bits per heavy atom. The predicted molar refractivity (Wildman–Crippen MR) is 113 cm³/mol. The maximum atomic E-state index is 11.7. The van der Waals surface area contributed by atoms with E-state index < -0.39 is 0 Å². The van der Waals surface area contributed by atoms with Crippen LogP contribution in [-0.2, 0) is 4.79 Å². The molecule has 0 aliphatic carbocycles. The standard InChI is InChI=1S/C23H24N4O2/c1-15-4-6-17(7-5-15)21-20(16-8-10-19(28)11-9-16)13-25-23(26-21)27-12-2-3-18(14-27)22(24)29/h4-11,13,18,28H,2-3,12,14H2,1H3,(H2,24,29)/t18-/m1/s1. The van der Waals surface area contributed by atoms with E-state index in [0.29, 0.717) is 12.5 Å².